The lowest BCUT2D eigenvalue weighted by Crippen LogP contribution is -2.44. The molecule has 0 bridgehead atoms. The molecule has 1 fully saturated rings. The van der Waals surface area contributed by atoms with Gasteiger partial charge in [0.1, 0.15) is 0 Å². The minimum atomic E-state index is -3.45. The molecule has 1 aliphatic rings. The third kappa shape index (κ3) is 3.22. The molecule has 2 N–H and O–H groups in total. The van der Waals surface area contributed by atoms with Crippen molar-refractivity contribution in [2.75, 3.05) is 32.9 Å². The van der Waals surface area contributed by atoms with E-state index in [4.69, 9.17) is 5.73 Å². The molecule has 21 heavy (non-hydrogen) atoms. The van der Waals surface area contributed by atoms with Gasteiger partial charge in [-0.15, -0.1) is 0 Å². The number of nitrogens with two attached hydrogens (primary N) is 1. The summed E-state index contributed by atoms with van der Waals surface area (Å²) in [6.07, 6.45) is 1.74. The first-order valence-electron chi connectivity index (χ1n) is 7.26. The van der Waals surface area contributed by atoms with Crippen LogP contribution < -0.4 is 5.73 Å². The molecular formula is C15H25N3O2S. The number of piperidine rings is 1. The van der Waals surface area contributed by atoms with Crippen molar-refractivity contribution in [2.24, 2.45) is 0 Å². The van der Waals surface area contributed by atoms with Crippen LogP contribution in [0.3, 0.4) is 0 Å². The summed E-state index contributed by atoms with van der Waals surface area (Å²) in [4.78, 5) is 2.52. The Balaban J connectivity index is 2.28. The molecule has 1 heterocycles. The highest BCUT2D eigenvalue weighted by molar-refractivity contribution is 7.89. The van der Waals surface area contributed by atoms with Crippen LogP contribution in [0.2, 0.25) is 0 Å². The van der Waals surface area contributed by atoms with Crippen LogP contribution in [0.25, 0.3) is 0 Å². The molecule has 5 nitrogen and oxygen atoms in total. The van der Waals surface area contributed by atoms with Crippen molar-refractivity contribution in [3.8, 4) is 0 Å². The number of aryl methyl sites for hydroxylation is 1. The van der Waals surface area contributed by atoms with Crippen LogP contribution in [0.5, 0.6) is 0 Å². The third-order valence-corrected chi connectivity index (χ3v) is 6.44. The van der Waals surface area contributed by atoms with E-state index in [0.717, 1.165) is 24.0 Å². The van der Waals surface area contributed by atoms with E-state index >= 15 is 0 Å². The Morgan fingerprint density at radius 3 is 2.29 bits per heavy atom. The summed E-state index contributed by atoms with van der Waals surface area (Å²) < 4.78 is 27.3. The molecular weight excluding hydrogens is 286 g/mol. The lowest BCUT2D eigenvalue weighted by Gasteiger charge is -2.34. The van der Waals surface area contributed by atoms with Gasteiger partial charge in [0, 0.05) is 24.8 Å². The first-order chi connectivity index (χ1) is 9.73. The largest absolute Gasteiger partial charge is 0.399 e. The Bertz CT molecular complexity index is 618. The molecule has 1 aromatic carbocycles. The zero-order valence-electron chi connectivity index (χ0n) is 13.3. The maximum absolute atomic E-state index is 12.8. The van der Waals surface area contributed by atoms with E-state index in [1.807, 2.05) is 34.0 Å². The zero-order valence-corrected chi connectivity index (χ0v) is 14.1. The van der Waals surface area contributed by atoms with E-state index in [1.165, 1.54) is 0 Å². The average molecular weight is 311 g/mol. The molecule has 1 aliphatic heterocycles. The van der Waals surface area contributed by atoms with E-state index in [0.29, 0.717) is 29.7 Å². The van der Waals surface area contributed by atoms with Crippen LogP contribution in [-0.2, 0) is 10.0 Å². The van der Waals surface area contributed by atoms with E-state index in [-0.39, 0.29) is 0 Å². The molecule has 118 valence electrons. The molecule has 0 radical (unpaired) electrons. The van der Waals surface area contributed by atoms with Gasteiger partial charge < -0.3 is 10.6 Å². The summed E-state index contributed by atoms with van der Waals surface area (Å²) in [7, 11) is 0.632. The van der Waals surface area contributed by atoms with Crippen LogP contribution in [-0.4, -0.2) is 50.8 Å². The number of sulfonamides is 1. The van der Waals surface area contributed by atoms with Gasteiger partial charge in [0.2, 0.25) is 10.0 Å². The lowest BCUT2D eigenvalue weighted by atomic mass is 10.1. The van der Waals surface area contributed by atoms with Crippen molar-refractivity contribution in [1.82, 2.24) is 9.21 Å². The fourth-order valence-electron chi connectivity index (χ4n) is 2.86. The number of hydrogen-bond donors (Lipinski definition) is 1. The number of nitrogens with zero attached hydrogens (tertiary/aromatic N) is 2. The van der Waals surface area contributed by atoms with Crippen molar-refractivity contribution in [1.29, 1.82) is 0 Å². The lowest BCUT2D eigenvalue weighted by molar-refractivity contribution is 0.196. The Labute approximate surface area is 127 Å². The zero-order chi connectivity index (χ0) is 15.8. The highest BCUT2D eigenvalue weighted by atomic mass is 32.2. The molecule has 0 aliphatic carbocycles. The summed E-state index contributed by atoms with van der Waals surface area (Å²) in [5.74, 6) is 0. The minimum Gasteiger partial charge on any atom is -0.399 e. The second-order valence-electron chi connectivity index (χ2n) is 6.06. The number of rotatable bonds is 3. The maximum Gasteiger partial charge on any atom is 0.243 e. The first kappa shape index (κ1) is 16.3. The topological polar surface area (TPSA) is 66.6 Å². The normalized spacial score (nSPS) is 18.3. The molecule has 0 aromatic heterocycles. The summed E-state index contributed by atoms with van der Waals surface area (Å²) >= 11 is 0. The average Bonchev–Trinajstić information content (AvgIpc) is 2.42. The molecule has 6 heteroatoms. The molecule has 0 amide bonds. The monoisotopic (exact) mass is 311 g/mol. The van der Waals surface area contributed by atoms with Crippen molar-refractivity contribution in [2.45, 2.75) is 37.6 Å². The predicted molar refractivity (Wildman–Crippen MR) is 85.8 cm³/mol. The third-order valence-electron chi connectivity index (χ3n) is 4.41. The van der Waals surface area contributed by atoms with E-state index in [2.05, 4.69) is 4.90 Å². The predicted octanol–water partition coefficient (Wildman–Crippen LogP) is 1.60. The van der Waals surface area contributed by atoms with Gasteiger partial charge in [0.25, 0.3) is 0 Å². The van der Waals surface area contributed by atoms with Crippen LogP contribution in [0.1, 0.15) is 24.0 Å². The van der Waals surface area contributed by atoms with Gasteiger partial charge in [0.05, 0.1) is 4.90 Å². The standard InChI is InChI=1S/C15H25N3O2S/c1-11-9-13(16)10-15(12(11)2)21(19,20)18-7-5-14(6-8-18)17(3)4/h9-10,14H,5-8,16H2,1-4H3. The minimum absolute atomic E-state index is 0.350. The van der Waals surface area contributed by atoms with Crippen molar-refractivity contribution < 1.29 is 8.42 Å². The fourth-order valence-corrected chi connectivity index (χ4v) is 4.66. The molecule has 2 rings (SSSR count). The quantitative estimate of drug-likeness (QED) is 0.861. The summed E-state index contributed by atoms with van der Waals surface area (Å²) in [6, 6.07) is 3.85. The van der Waals surface area contributed by atoms with Crippen LogP contribution >= 0.6 is 0 Å². The number of nitrogen functional groups attached to an aromatic ring is 1. The van der Waals surface area contributed by atoms with Crippen LogP contribution in [0, 0.1) is 13.8 Å². The second-order valence-corrected chi connectivity index (χ2v) is 7.97. The van der Waals surface area contributed by atoms with Gasteiger partial charge in [0.15, 0.2) is 0 Å². The highest BCUT2D eigenvalue weighted by Crippen LogP contribution is 2.27. The summed E-state index contributed by atoms with van der Waals surface area (Å²) in [5, 5.41) is 0. The number of anilines is 1. The summed E-state index contributed by atoms with van der Waals surface area (Å²) in [6.45, 7) is 4.87. The Morgan fingerprint density at radius 1 is 1.19 bits per heavy atom. The Morgan fingerprint density at radius 2 is 1.76 bits per heavy atom. The first-order valence-corrected chi connectivity index (χ1v) is 8.71. The smallest absolute Gasteiger partial charge is 0.243 e. The second kappa shape index (κ2) is 5.94. The molecule has 1 saturated heterocycles. The molecule has 1 aromatic rings. The molecule has 0 saturated carbocycles. The Kier molecular flexibility index (Phi) is 4.60. The van der Waals surface area contributed by atoms with Crippen molar-refractivity contribution in [3.63, 3.8) is 0 Å². The van der Waals surface area contributed by atoms with Gasteiger partial charge in [-0.05, 0) is 64.0 Å². The molecule has 0 spiro atoms. The van der Waals surface area contributed by atoms with Crippen LogP contribution in [0.4, 0.5) is 5.69 Å². The van der Waals surface area contributed by atoms with Gasteiger partial charge in [-0.25, -0.2) is 8.42 Å². The van der Waals surface area contributed by atoms with E-state index < -0.39 is 10.0 Å². The SMILES string of the molecule is Cc1cc(N)cc(S(=O)(=O)N2CCC(N(C)C)CC2)c1C. The van der Waals surface area contributed by atoms with E-state index in [1.54, 1.807) is 10.4 Å². The Hall–Kier alpha value is -1.11. The van der Waals surface area contributed by atoms with Crippen molar-refractivity contribution in [3.05, 3.63) is 23.3 Å². The molecule has 0 unspecified atom stereocenters. The molecule has 0 atom stereocenters. The van der Waals surface area contributed by atoms with Gasteiger partial charge in [-0.2, -0.15) is 4.31 Å². The van der Waals surface area contributed by atoms with Gasteiger partial charge in [-0.3, -0.25) is 0 Å². The highest BCUT2D eigenvalue weighted by Gasteiger charge is 2.31. The van der Waals surface area contributed by atoms with Gasteiger partial charge >= 0.3 is 0 Å². The number of hydrogen-bond acceptors (Lipinski definition) is 4. The van der Waals surface area contributed by atoms with Crippen LogP contribution in [0.15, 0.2) is 17.0 Å². The summed E-state index contributed by atoms with van der Waals surface area (Å²) in [5.41, 5.74) is 8.03. The van der Waals surface area contributed by atoms with Gasteiger partial charge in [-0.1, -0.05) is 0 Å². The number of benzene rings is 1. The maximum atomic E-state index is 12.8. The van der Waals surface area contributed by atoms with E-state index in [9.17, 15) is 8.42 Å². The van der Waals surface area contributed by atoms with Crippen molar-refractivity contribution >= 4 is 15.7 Å². The fraction of sp³-hybridized carbons (Fsp3) is 0.600.